The predicted molar refractivity (Wildman–Crippen MR) is 173 cm³/mol. The zero-order chi connectivity index (χ0) is 30.8. The molecule has 1 unspecified atom stereocenters. The maximum atomic E-state index is 12.6. The summed E-state index contributed by atoms with van der Waals surface area (Å²) in [6.45, 7) is 8.41. The number of hydrogen-bond donors (Lipinski definition) is 1. The Morgan fingerprint density at radius 1 is 0.977 bits per heavy atom. The number of unbranched alkanes of at least 4 members (excludes halogenated alkanes) is 1. The number of carbonyl (C=O) groups excluding carboxylic acids is 2. The minimum Gasteiger partial charge on any atom is -0.494 e. The zero-order valence-corrected chi connectivity index (χ0v) is 26.3. The second-order valence-corrected chi connectivity index (χ2v) is 11.5. The summed E-state index contributed by atoms with van der Waals surface area (Å²) in [5, 5.41) is 1.20. The van der Waals surface area contributed by atoms with Crippen molar-refractivity contribution in [2.45, 2.75) is 39.2 Å². The van der Waals surface area contributed by atoms with E-state index in [2.05, 4.69) is 9.80 Å². The molecular weight excluding hydrogens is 587 g/mol. The smallest absolute Gasteiger partial charge is 0.324 e. The topological polar surface area (TPSA) is 88.3 Å². The van der Waals surface area contributed by atoms with Gasteiger partial charge in [-0.3, -0.25) is 19.4 Å². The minimum absolute atomic E-state index is 0.224. The molecule has 0 saturated carbocycles. The van der Waals surface area contributed by atoms with Gasteiger partial charge in [-0.2, -0.15) is 0 Å². The molecule has 3 aromatic carbocycles. The fraction of sp³-hybridized carbons (Fsp3) is 0.394. The average Bonchev–Trinajstić information content (AvgIpc) is 3.00. The van der Waals surface area contributed by atoms with Gasteiger partial charge < -0.3 is 20.1 Å². The molecule has 0 bridgehead atoms. The average molecular weight is 628 g/mol. The Hall–Kier alpha value is -3.30. The highest BCUT2D eigenvalue weighted by atomic mass is 35.5. The van der Waals surface area contributed by atoms with Gasteiger partial charge in [0, 0.05) is 39.2 Å². The van der Waals surface area contributed by atoms with E-state index in [-0.39, 0.29) is 12.6 Å². The molecule has 1 aliphatic rings. The van der Waals surface area contributed by atoms with Crippen molar-refractivity contribution >= 4 is 46.5 Å². The highest BCUT2D eigenvalue weighted by molar-refractivity contribution is 6.43. The number of anilines is 2. The first-order chi connectivity index (χ1) is 20.7. The number of aryl methyl sites for hydroxylation is 1. The molecule has 1 fully saturated rings. The third-order valence-corrected chi connectivity index (χ3v) is 8.38. The molecule has 1 aliphatic heterocycles. The van der Waals surface area contributed by atoms with Crippen molar-refractivity contribution in [1.82, 2.24) is 4.90 Å². The molecule has 2 N–H and O–H groups in total. The van der Waals surface area contributed by atoms with Crippen LogP contribution in [-0.2, 0) is 20.7 Å². The molecule has 1 heterocycles. The van der Waals surface area contributed by atoms with Crippen molar-refractivity contribution in [3.8, 4) is 5.75 Å². The number of carbonyl (C=O) groups is 2. The Balaban J connectivity index is 1.21. The number of piperazine rings is 1. The summed E-state index contributed by atoms with van der Waals surface area (Å²) in [4.78, 5) is 31.2. The molecular formula is C33H40Cl2N4O4. The Kier molecular flexibility index (Phi) is 12.1. The molecule has 1 amide bonds. The lowest BCUT2D eigenvalue weighted by Gasteiger charge is -2.36. The van der Waals surface area contributed by atoms with Crippen LogP contribution in [0.2, 0.25) is 10.0 Å². The fourth-order valence-corrected chi connectivity index (χ4v) is 5.48. The van der Waals surface area contributed by atoms with Gasteiger partial charge in [0.15, 0.2) is 6.73 Å². The summed E-state index contributed by atoms with van der Waals surface area (Å²) < 4.78 is 11.5. The molecule has 230 valence electrons. The molecule has 3 aromatic rings. The summed E-state index contributed by atoms with van der Waals surface area (Å²) in [5.41, 5.74) is 9.49. The maximum Gasteiger partial charge on any atom is 0.324 e. The first-order valence-electron chi connectivity index (χ1n) is 14.6. The van der Waals surface area contributed by atoms with Crippen LogP contribution in [0.25, 0.3) is 0 Å². The number of esters is 1. The van der Waals surface area contributed by atoms with E-state index in [1.165, 1.54) is 11.8 Å². The minimum atomic E-state index is -0.822. The van der Waals surface area contributed by atoms with Gasteiger partial charge in [-0.15, -0.1) is 0 Å². The van der Waals surface area contributed by atoms with Crippen LogP contribution in [0.15, 0.2) is 66.7 Å². The fourth-order valence-electron chi connectivity index (χ4n) is 5.06. The third kappa shape index (κ3) is 9.34. The van der Waals surface area contributed by atoms with Crippen molar-refractivity contribution in [2.75, 3.05) is 55.9 Å². The Labute approximate surface area is 264 Å². The van der Waals surface area contributed by atoms with Gasteiger partial charge in [-0.1, -0.05) is 65.7 Å². The molecule has 0 aromatic heterocycles. The first-order valence-corrected chi connectivity index (χ1v) is 15.4. The predicted octanol–water partition coefficient (Wildman–Crippen LogP) is 5.71. The number of rotatable bonds is 13. The lowest BCUT2D eigenvalue weighted by Crippen LogP contribution is -2.46. The monoisotopic (exact) mass is 626 g/mol. The van der Waals surface area contributed by atoms with Crippen LogP contribution in [0.5, 0.6) is 5.75 Å². The zero-order valence-electron chi connectivity index (χ0n) is 24.8. The number of ether oxygens (including phenoxy) is 2. The molecule has 4 rings (SSSR count). The van der Waals surface area contributed by atoms with Crippen LogP contribution in [0.3, 0.4) is 0 Å². The van der Waals surface area contributed by atoms with E-state index in [1.54, 1.807) is 0 Å². The molecule has 1 saturated heterocycles. The molecule has 1 atom stereocenters. The molecule has 43 heavy (non-hydrogen) atoms. The van der Waals surface area contributed by atoms with Crippen molar-refractivity contribution in [1.29, 1.82) is 0 Å². The SMILES string of the molecule is CC(=O)N(COC(=O)C(N)Cc1ccccc1)c1cc(OCCCCN2CCN(c3cccc(Cl)c3Cl)CC2)ccc1C. The maximum absolute atomic E-state index is 12.6. The number of benzene rings is 3. The third-order valence-electron chi connectivity index (χ3n) is 7.57. The lowest BCUT2D eigenvalue weighted by atomic mass is 10.1. The van der Waals surface area contributed by atoms with Crippen molar-refractivity contribution in [2.24, 2.45) is 5.73 Å². The van der Waals surface area contributed by atoms with Gasteiger partial charge in [0.05, 0.1) is 28.0 Å². The molecule has 0 aliphatic carbocycles. The van der Waals surface area contributed by atoms with Crippen LogP contribution in [-0.4, -0.2) is 68.9 Å². The second kappa shape index (κ2) is 16.0. The summed E-state index contributed by atoms with van der Waals surface area (Å²) >= 11 is 12.6. The summed E-state index contributed by atoms with van der Waals surface area (Å²) in [6.07, 6.45) is 2.27. The highest BCUT2D eigenvalue weighted by Crippen LogP contribution is 2.33. The number of hydrogen-bond acceptors (Lipinski definition) is 7. The van der Waals surface area contributed by atoms with E-state index in [1.807, 2.05) is 73.7 Å². The molecule has 8 nitrogen and oxygen atoms in total. The first kappa shape index (κ1) is 32.6. The van der Waals surface area contributed by atoms with E-state index in [9.17, 15) is 9.59 Å². The molecule has 0 radical (unpaired) electrons. The Morgan fingerprint density at radius 3 is 2.44 bits per heavy atom. The van der Waals surface area contributed by atoms with Crippen LogP contribution < -0.4 is 20.3 Å². The van der Waals surface area contributed by atoms with E-state index in [4.69, 9.17) is 38.4 Å². The van der Waals surface area contributed by atoms with Gasteiger partial charge in [0.2, 0.25) is 5.91 Å². The lowest BCUT2D eigenvalue weighted by molar-refractivity contribution is -0.145. The van der Waals surface area contributed by atoms with E-state index >= 15 is 0 Å². The van der Waals surface area contributed by atoms with E-state index in [0.717, 1.165) is 62.4 Å². The normalized spacial score (nSPS) is 14.3. The van der Waals surface area contributed by atoms with E-state index in [0.29, 0.717) is 34.5 Å². The summed E-state index contributed by atoms with van der Waals surface area (Å²) in [6, 6.07) is 20.0. The molecule has 10 heteroatoms. The second-order valence-electron chi connectivity index (χ2n) is 10.7. The standard InChI is InChI=1S/C33H40Cl2N4O4/c1-24-13-14-27(22-31(24)39(25(2)40)23-43-33(41)29(36)21-26-9-4-3-5-10-26)42-20-7-6-15-37-16-18-38(19-17-37)30-12-8-11-28(34)32(30)35/h3-5,8-14,22,29H,6-7,15-21,23,36H2,1-2H3. The number of amides is 1. The van der Waals surface area contributed by atoms with Crippen LogP contribution in [0.4, 0.5) is 11.4 Å². The van der Waals surface area contributed by atoms with Gasteiger partial charge in [-0.05, 0) is 62.1 Å². The van der Waals surface area contributed by atoms with Gasteiger partial charge in [0.25, 0.3) is 0 Å². The number of halogens is 2. The highest BCUT2D eigenvalue weighted by Gasteiger charge is 2.21. The molecule has 0 spiro atoms. The van der Waals surface area contributed by atoms with Crippen molar-refractivity contribution in [3.63, 3.8) is 0 Å². The largest absolute Gasteiger partial charge is 0.494 e. The van der Waals surface area contributed by atoms with Crippen molar-refractivity contribution < 1.29 is 19.1 Å². The quantitative estimate of drug-likeness (QED) is 0.148. The number of nitrogens with zero attached hydrogens (tertiary/aromatic N) is 3. The summed E-state index contributed by atoms with van der Waals surface area (Å²) in [5.74, 6) is -0.150. The van der Waals surface area contributed by atoms with Gasteiger partial charge in [-0.25, -0.2) is 0 Å². The summed E-state index contributed by atoms with van der Waals surface area (Å²) in [7, 11) is 0. The van der Waals surface area contributed by atoms with Gasteiger partial charge >= 0.3 is 5.97 Å². The van der Waals surface area contributed by atoms with Gasteiger partial charge in [0.1, 0.15) is 11.8 Å². The van der Waals surface area contributed by atoms with Crippen LogP contribution in [0, 0.1) is 6.92 Å². The van der Waals surface area contributed by atoms with E-state index < -0.39 is 12.0 Å². The Bertz CT molecular complexity index is 1370. The number of nitrogens with two attached hydrogens (primary N) is 1. The van der Waals surface area contributed by atoms with Crippen LogP contribution in [0.1, 0.15) is 30.9 Å². The van der Waals surface area contributed by atoms with Crippen molar-refractivity contribution in [3.05, 3.63) is 87.9 Å². The van der Waals surface area contributed by atoms with Crippen LogP contribution >= 0.6 is 23.2 Å². The Morgan fingerprint density at radius 2 is 1.72 bits per heavy atom.